The number of ether oxygens (including phenoxy) is 1. The van der Waals surface area contributed by atoms with Crippen LogP contribution in [0.3, 0.4) is 0 Å². The lowest BCUT2D eigenvalue weighted by Crippen LogP contribution is -2.12. The molecule has 0 aliphatic carbocycles. The maximum absolute atomic E-state index is 12.1. The number of nitrogens with zero attached hydrogens (tertiary/aromatic N) is 4. The fraction of sp³-hybridized carbons (Fsp3) is 0.300. The Morgan fingerprint density at radius 1 is 1.08 bits per heavy atom. The molecular weight excluding hydrogens is 328 g/mol. The summed E-state index contributed by atoms with van der Waals surface area (Å²) in [6, 6.07) is 17.3. The first-order valence-electron chi connectivity index (χ1n) is 8.76. The molecule has 0 atom stereocenters. The van der Waals surface area contributed by atoms with Gasteiger partial charge in [-0.05, 0) is 29.2 Å². The molecule has 2 aromatic carbocycles. The maximum atomic E-state index is 12.1. The highest BCUT2D eigenvalue weighted by Crippen LogP contribution is 2.26. The lowest BCUT2D eigenvalue weighted by atomic mass is 10.0. The molecule has 0 saturated heterocycles. The molecule has 0 bridgehead atoms. The molecule has 0 amide bonds. The second kappa shape index (κ2) is 8.38. The topological polar surface area (TPSA) is 69.9 Å². The number of aryl methyl sites for hydroxylation is 1. The summed E-state index contributed by atoms with van der Waals surface area (Å²) in [4.78, 5) is 13.6. The van der Waals surface area contributed by atoms with Crippen LogP contribution in [0.15, 0.2) is 54.6 Å². The van der Waals surface area contributed by atoms with E-state index in [9.17, 15) is 4.79 Å². The predicted octanol–water partition coefficient (Wildman–Crippen LogP) is 3.85. The molecule has 0 aliphatic heterocycles. The van der Waals surface area contributed by atoms with Crippen LogP contribution in [0.5, 0.6) is 5.75 Å². The van der Waals surface area contributed by atoms with E-state index >= 15 is 0 Å². The molecule has 1 aromatic heterocycles. The first kappa shape index (κ1) is 17.8. The molecule has 6 nitrogen and oxygen atoms in total. The van der Waals surface area contributed by atoms with Crippen molar-refractivity contribution >= 4 is 5.97 Å². The van der Waals surface area contributed by atoms with Gasteiger partial charge >= 0.3 is 5.97 Å². The smallest absolute Gasteiger partial charge is 0.311 e. The minimum atomic E-state index is -0.249. The molecule has 0 saturated carbocycles. The van der Waals surface area contributed by atoms with Gasteiger partial charge in [0.15, 0.2) is 0 Å². The number of esters is 1. The minimum absolute atomic E-state index is 0.249. The van der Waals surface area contributed by atoms with Crippen LogP contribution in [0.4, 0.5) is 0 Å². The van der Waals surface area contributed by atoms with E-state index in [1.54, 1.807) is 0 Å². The summed E-state index contributed by atoms with van der Waals surface area (Å²) in [5, 5.41) is 12.4. The van der Waals surface area contributed by atoms with Gasteiger partial charge in [0, 0.05) is 12.0 Å². The first-order valence-corrected chi connectivity index (χ1v) is 8.76. The highest BCUT2D eigenvalue weighted by molar-refractivity contribution is 5.72. The Hall–Kier alpha value is -3.02. The van der Waals surface area contributed by atoms with Crippen molar-refractivity contribution in [3.8, 4) is 17.1 Å². The maximum Gasteiger partial charge on any atom is 0.311 e. The summed E-state index contributed by atoms with van der Waals surface area (Å²) in [6.07, 6.45) is 0.891. The highest BCUT2D eigenvalue weighted by atomic mass is 16.5. The average Bonchev–Trinajstić information content (AvgIpc) is 3.11. The highest BCUT2D eigenvalue weighted by Gasteiger charge is 2.12. The number of rotatable bonds is 7. The molecule has 3 rings (SSSR count). The normalized spacial score (nSPS) is 10.9. The molecule has 0 radical (unpaired) electrons. The third-order valence-electron chi connectivity index (χ3n) is 3.99. The Labute approximate surface area is 152 Å². The van der Waals surface area contributed by atoms with Gasteiger partial charge in [-0.3, -0.25) is 4.79 Å². The van der Waals surface area contributed by atoms with Crippen LogP contribution in [0, 0.1) is 0 Å². The van der Waals surface area contributed by atoms with Crippen LogP contribution >= 0.6 is 0 Å². The summed E-state index contributed by atoms with van der Waals surface area (Å²) < 4.78 is 5.51. The van der Waals surface area contributed by atoms with Gasteiger partial charge < -0.3 is 4.74 Å². The van der Waals surface area contributed by atoms with Crippen molar-refractivity contribution in [1.29, 1.82) is 0 Å². The number of tetrazole rings is 1. The molecule has 0 spiro atoms. The van der Waals surface area contributed by atoms with E-state index in [4.69, 9.17) is 4.74 Å². The molecule has 6 heteroatoms. The van der Waals surface area contributed by atoms with Gasteiger partial charge in [0.25, 0.3) is 0 Å². The Balaban J connectivity index is 1.51. The van der Waals surface area contributed by atoms with E-state index in [2.05, 4.69) is 29.3 Å². The van der Waals surface area contributed by atoms with Gasteiger partial charge in [0.05, 0.1) is 6.54 Å². The Bertz CT molecular complexity index is 859. The number of carbonyl (C=O) groups excluding carboxylic acids is 1. The van der Waals surface area contributed by atoms with Gasteiger partial charge in [0.2, 0.25) is 5.82 Å². The van der Waals surface area contributed by atoms with Gasteiger partial charge in [-0.15, -0.1) is 10.2 Å². The number of benzene rings is 2. The van der Waals surface area contributed by atoms with Crippen molar-refractivity contribution in [2.24, 2.45) is 0 Å². The van der Waals surface area contributed by atoms with E-state index in [-0.39, 0.29) is 5.97 Å². The van der Waals surface area contributed by atoms with Gasteiger partial charge in [-0.1, -0.05) is 62.4 Å². The zero-order valence-corrected chi connectivity index (χ0v) is 15.0. The largest absolute Gasteiger partial charge is 0.426 e. The number of hydrogen-bond donors (Lipinski definition) is 0. The van der Waals surface area contributed by atoms with Crippen LogP contribution < -0.4 is 4.74 Å². The summed E-state index contributed by atoms with van der Waals surface area (Å²) in [6.45, 7) is 4.67. The number of para-hydroxylation sites is 1. The SMILES string of the molecule is CC(C)c1ccccc1OC(=O)CCCn1nnc(-c2ccccc2)n1. The van der Waals surface area contributed by atoms with Crippen molar-refractivity contribution in [2.45, 2.75) is 39.2 Å². The van der Waals surface area contributed by atoms with Crippen LogP contribution in [0.2, 0.25) is 0 Å². The lowest BCUT2D eigenvalue weighted by molar-refractivity contribution is -0.134. The Morgan fingerprint density at radius 2 is 1.81 bits per heavy atom. The molecule has 0 fully saturated rings. The zero-order chi connectivity index (χ0) is 18.4. The Kier molecular flexibility index (Phi) is 5.73. The van der Waals surface area contributed by atoms with E-state index in [0.29, 0.717) is 36.9 Å². The fourth-order valence-electron chi connectivity index (χ4n) is 2.63. The van der Waals surface area contributed by atoms with E-state index < -0.39 is 0 Å². The monoisotopic (exact) mass is 350 g/mol. The number of hydrogen-bond acceptors (Lipinski definition) is 5. The molecule has 134 valence electrons. The third kappa shape index (κ3) is 4.53. The molecule has 1 heterocycles. The summed E-state index contributed by atoms with van der Waals surface area (Å²) in [5.74, 6) is 1.27. The van der Waals surface area contributed by atoms with E-state index in [1.807, 2.05) is 54.6 Å². The quantitative estimate of drug-likeness (QED) is 0.478. The molecular formula is C20H22N4O2. The van der Waals surface area contributed by atoms with Crippen LogP contribution in [-0.2, 0) is 11.3 Å². The number of aromatic nitrogens is 4. The third-order valence-corrected chi connectivity index (χ3v) is 3.99. The second-order valence-corrected chi connectivity index (χ2v) is 6.35. The summed E-state index contributed by atoms with van der Waals surface area (Å²) in [7, 11) is 0. The average molecular weight is 350 g/mol. The van der Waals surface area contributed by atoms with E-state index in [1.165, 1.54) is 4.80 Å². The van der Waals surface area contributed by atoms with Gasteiger partial charge in [-0.2, -0.15) is 4.80 Å². The minimum Gasteiger partial charge on any atom is -0.426 e. The summed E-state index contributed by atoms with van der Waals surface area (Å²) >= 11 is 0. The Morgan fingerprint density at radius 3 is 2.58 bits per heavy atom. The van der Waals surface area contributed by atoms with Crippen molar-refractivity contribution in [1.82, 2.24) is 20.2 Å². The standard InChI is InChI=1S/C20H22N4O2/c1-15(2)17-11-6-7-12-18(17)26-19(25)13-8-14-24-22-20(21-23-24)16-9-4-3-5-10-16/h3-7,9-12,15H,8,13-14H2,1-2H3. The molecule has 0 N–H and O–H groups in total. The molecule has 0 aliphatic rings. The van der Waals surface area contributed by atoms with Crippen LogP contribution in [0.25, 0.3) is 11.4 Å². The second-order valence-electron chi connectivity index (χ2n) is 6.35. The zero-order valence-electron chi connectivity index (χ0n) is 15.0. The van der Waals surface area contributed by atoms with Crippen molar-refractivity contribution < 1.29 is 9.53 Å². The van der Waals surface area contributed by atoms with Crippen molar-refractivity contribution in [3.63, 3.8) is 0 Å². The number of carbonyl (C=O) groups is 1. The molecule has 0 unspecified atom stereocenters. The summed E-state index contributed by atoms with van der Waals surface area (Å²) in [5.41, 5.74) is 1.95. The lowest BCUT2D eigenvalue weighted by Gasteiger charge is -2.12. The van der Waals surface area contributed by atoms with Crippen LogP contribution in [-0.4, -0.2) is 26.2 Å². The van der Waals surface area contributed by atoms with Gasteiger partial charge in [0.1, 0.15) is 5.75 Å². The van der Waals surface area contributed by atoms with Crippen molar-refractivity contribution in [3.05, 3.63) is 60.2 Å². The molecule has 26 heavy (non-hydrogen) atoms. The van der Waals surface area contributed by atoms with E-state index in [0.717, 1.165) is 11.1 Å². The fourth-order valence-corrected chi connectivity index (χ4v) is 2.63. The predicted molar refractivity (Wildman–Crippen MR) is 98.7 cm³/mol. The van der Waals surface area contributed by atoms with Gasteiger partial charge in [-0.25, -0.2) is 0 Å². The molecule has 3 aromatic rings. The first-order chi connectivity index (χ1) is 12.6. The van der Waals surface area contributed by atoms with Crippen LogP contribution in [0.1, 0.15) is 38.2 Å². The van der Waals surface area contributed by atoms with Crippen molar-refractivity contribution in [2.75, 3.05) is 0 Å².